The van der Waals surface area contributed by atoms with Crippen molar-refractivity contribution in [2.24, 2.45) is 0 Å². The summed E-state index contributed by atoms with van der Waals surface area (Å²) in [7, 11) is -4.94. The van der Waals surface area contributed by atoms with E-state index in [1.165, 1.54) is 257 Å². The number of ether oxygens (including phenoxy) is 1. The number of rotatable bonds is 46. The number of carbonyl (C=O) groups is 2. The minimum atomic E-state index is -4.94. The minimum Gasteiger partial charge on any atom is -0.550 e. The third-order valence-electron chi connectivity index (χ3n) is 11.3. The first-order chi connectivity index (χ1) is 27.7. The number of hydrogen-bond acceptors (Lipinski definition) is 7. The predicted octanol–water partition coefficient (Wildman–Crippen LogP) is 6.79. The maximum absolute atomic E-state index is 10.2. The molecule has 0 aromatic rings. The van der Waals surface area contributed by atoms with Gasteiger partial charge in [-0.1, -0.05) is 258 Å². The third kappa shape index (κ3) is 58.8. The summed E-state index contributed by atoms with van der Waals surface area (Å²) in [6, 6.07) is 0. The van der Waals surface area contributed by atoms with Crippen molar-refractivity contribution in [1.29, 1.82) is 0 Å². The van der Waals surface area contributed by atoms with Crippen LogP contribution in [0.5, 0.6) is 0 Å². The molecule has 0 rings (SSSR count). The zero-order chi connectivity index (χ0) is 42.3. The Morgan fingerprint density at radius 3 is 0.729 bits per heavy atom. The second kappa shape index (κ2) is 54.9. The molecule has 0 aliphatic rings. The van der Waals surface area contributed by atoms with E-state index in [2.05, 4.69) is 13.8 Å². The normalized spacial score (nSPS) is 11.6. The second-order valence-corrected chi connectivity index (χ2v) is 18.5. The summed E-state index contributed by atoms with van der Waals surface area (Å²) in [5, 5.41) is 17.3. The fourth-order valence-electron chi connectivity index (χ4n) is 7.48. The molecule has 0 aliphatic carbocycles. The van der Waals surface area contributed by atoms with Crippen molar-refractivity contribution in [3.8, 4) is 0 Å². The van der Waals surface area contributed by atoms with Crippen LogP contribution in [-0.4, -0.2) is 43.4 Å². The summed E-state index contributed by atoms with van der Waals surface area (Å²) in [6.07, 6.45) is 56.6. The smallest absolute Gasteiger partial charge is 0.550 e. The summed E-state index contributed by atoms with van der Waals surface area (Å²) in [4.78, 5) is 19.7. The molecule has 0 amide bonds. The van der Waals surface area contributed by atoms with Gasteiger partial charge in [-0.3, -0.25) is 4.55 Å². The summed E-state index contributed by atoms with van der Waals surface area (Å²) in [6.45, 7) is 6.61. The third-order valence-corrected chi connectivity index (χ3v) is 12.3. The molecule has 59 heavy (non-hydrogen) atoms. The molecule has 0 aromatic heterocycles. The molecule has 0 radical (unpaired) electrons. The molecule has 0 aliphatic heterocycles. The van der Waals surface area contributed by atoms with Crippen molar-refractivity contribution >= 4 is 22.1 Å². The van der Waals surface area contributed by atoms with E-state index in [0.717, 1.165) is 13.2 Å². The van der Waals surface area contributed by atoms with Crippen LogP contribution in [0.15, 0.2) is 0 Å². The number of carboxylic acid groups (broad SMARTS) is 2. The van der Waals surface area contributed by atoms with E-state index in [9.17, 15) is 28.2 Å². The predicted molar refractivity (Wildman–Crippen MR) is 237 cm³/mol. The van der Waals surface area contributed by atoms with E-state index in [4.69, 9.17) is 9.29 Å². The fourth-order valence-corrected chi connectivity index (χ4v) is 8.07. The molecule has 1 N–H and O–H groups in total. The average molecular weight is 877 g/mol. The number of unbranched alkanes of at least 4 members (excludes halogenated alkanes) is 38. The molecule has 8 nitrogen and oxygen atoms in total. The Morgan fingerprint density at radius 1 is 0.407 bits per heavy atom. The van der Waals surface area contributed by atoms with Crippen molar-refractivity contribution < 1.29 is 96.6 Å². The van der Waals surface area contributed by atoms with E-state index >= 15 is 0 Å². The van der Waals surface area contributed by atoms with Crippen LogP contribution in [0.3, 0.4) is 0 Å². The summed E-state index contributed by atoms with van der Waals surface area (Å²) < 4.78 is 34.4. The van der Waals surface area contributed by atoms with Gasteiger partial charge in [-0.25, -0.2) is 0 Å². The van der Waals surface area contributed by atoms with Gasteiger partial charge in [0.2, 0.25) is 0 Å². The quantitative estimate of drug-likeness (QED) is 0.0401. The summed E-state index contributed by atoms with van der Waals surface area (Å²) >= 11 is 0. The monoisotopic (exact) mass is 877 g/mol. The Kier molecular flexibility index (Phi) is 61.8. The first kappa shape index (κ1) is 66.4. The average Bonchev–Trinajstić information content (AvgIpc) is 3.17. The van der Waals surface area contributed by atoms with Crippen molar-refractivity contribution in [3.63, 3.8) is 0 Å². The van der Waals surface area contributed by atoms with Gasteiger partial charge < -0.3 is 24.5 Å². The molecule has 11 heteroatoms. The van der Waals surface area contributed by atoms with Crippen molar-refractivity contribution in [1.82, 2.24) is 0 Å². The van der Waals surface area contributed by atoms with Crippen LogP contribution in [0.2, 0.25) is 0 Å². The van der Waals surface area contributed by atoms with Gasteiger partial charge in [0.15, 0.2) is 0 Å². The van der Waals surface area contributed by atoms with E-state index in [0.29, 0.717) is 0 Å². The molecule has 0 fully saturated rings. The van der Waals surface area contributed by atoms with Crippen LogP contribution in [-0.2, 0) is 24.4 Å². The molecule has 1 atom stereocenters. The number of hydrogen-bond donors (Lipinski definition) is 1. The molecule has 342 valence electrons. The number of aliphatic carboxylic acids is 2. The van der Waals surface area contributed by atoms with Crippen LogP contribution in [0.4, 0.5) is 0 Å². The van der Waals surface area contributed by atoms with E-state index in [1.807, 2.05) is 0 Å². The second-order valence-electron chi connectivity index (χ2n) is 16.9. The van der Waals surface area contributed by atoms with E-state index < -0.39 is 33.7 Å². The van der Waals surface area contributed by atoms with Crippen LogP contribution >= 0.6 is 0 Å². The molecule has 0 spiro atoms. The van der Waals surface area contributed by atoms with Crippen LogP contribution < -0.4 is 69.3 Å². The SMILES string of the molecule is CCCCCCCCCCCCCCCCCCCCCCOCCCCCCCCCCCCCCCCCCCCCC.O=C([O-])CC(C(=O)[O-])S(=O)(=O)O.[Na+].[Na+]. The molecular weight excluding hydrogens is 783 g/mol. The van der Waals surface area contributed by atoms with E-state index in [1.54, 1.807) is 0 Å². The van der Waals surface area contributed by atoms with Gasteiger partial charge in [-0.05, 0) is 12.8 Å². The minimum absolute atomic E-state index is 0. The fraction of sp³-hybridized carbons (Fsp3) is 0.958. The first-order valence-corrected chi connectivity index (χ1v) is 26.1. The molecule has 1 unspecified atom stereocenters. The van der Waals surface area contributed by atoms with Crippen LogP contribution in [0.25, 0.3) is 0 Å². The van der Waals surface area contributed by atoms with E-state index in [-0.39, 0.29) is 59.1 Å². The van der Waals surface area contributed by atoms with Gasteiger partial charge in [0.25, 0.3) is 10.1 Å². The van der Waals surface area contributed by atoms with Gasteiger partial charge in [-0.15, -0.1) is 0 Å². The maximum Gasteiger partial charge on any atom is 1.00 e. The molecule has 0 heterocycles. The van der Waals surface area contributed by atoms with Crippen molar-refractivity contribution in [2.45, 2.75) is 282 Å². The first-order valence-electron chi connectivity index (χ1n) is 24.6. The molecule has 0 saturated carbocycles. The van der Waals surface area contributed by atoms with Gasteiger partial charge >= 0.3 is 59.1 Å². The number of carbonyl (C=O) groups excluding carboxylic acids is 2. The Morgan fingerprint density at radius 2 is 0.593 bits per heavy atom. The zero-order valence-electron chi connectivity index (χ0n) is 39.7. The standard InChI is InChI=1S/C44H90O.C4H6O7S.2Na/c1-3-5-7-9-11-13-15-17-19-21-23-25-27-29-31-33-35-37-39-41-43-45-44-42-40-38-36-34-32-30-28-26-24-22-20-18-16-14-12-10-8-6-4-2;5-3(6)1-2(4(7)8)12(9,10)11;;/h3-44H2,1-2H3;2H,1H2,(H,5,6)(H,7,8)(H,9,10,11);;/q;;2*+1/p-2. The van der Waals surface area contributed by atoms with Crippen molar-refractivity contribution in [2.75, 3.05) is 13.2 Å². The van der Waals surface area contributed by atoms with Crippen molar-refractivity contribution in [3.05, 3.63) is 0 Å². The maximum atomic E-state index is 10.2. The Balaban J connectivity index is -0.000000929. The zero-order valence-corrected chi connectivity index (χ0v) is 44.5. The van der Waals surface area contributed by atoms with Gasteiger partial charge in [0.1, 0.15) is 5.25 Å². The summed E-state index contributed by atoms with van der Waals surface area (Å²) in [5.74, 6) is -4.08. The molecule has 0 saturated heterocycles. The topological polar surface area (TPSA) is 144 Å². The largest absolute Gasteiger partial charge is 1.00 e. The van der Waals surface area contributed by atoms with Gasteiger partial charge in [0.05, 0.1) is 5.97 Å². The molecule has 0 bridgehead atoms. The summed E-state index contributed by atoms with van der Waals surface area (Å²) in [5.41, 5.74) is 0. The Bertz CT molecular complexity index is 896. The molecule has 0 aromatic carbocycles. The Labute approximate surface area is 410 Å². The van der Waals surface area contributed by atoms with Crippen LogP contribution in [0.1, 0.15) is 277 Å². The number of carboxylic acids is 2. The van der Waals surface area contributed by atoms with Gasteiger partial charge in [-0.2, -0.15) is 8.42 Å². The molecular formula is C48H94Na2O8S. The van der Waals surface area contributed by atoms with Crippen LogP contribution in [0, 0.1) is 0 Å². The Hall–Kier alpha value is 0.810. The van der Waals surface area contributed by atoms with Gasteiger partial charge in [0, 0.05) is 25.6 Å².